The maximum atomic E-state index is 11.2. The number of hydrogen-bond acceptors (Lipinski definition) is 5. The highest BCUT2D eigenvalue weighted by atomic mass is 32.2. The van der Waals surface area contributed by atoms with Gasteiger partial charge in [0.1, 0.15) is 0 Å². The minimum atomic E-state index is -0.950. The highest BCUT2D eigenvalue weighted by Gasteiger charge is 2.16. The van der Waals surface area contributed by atoms with E-state index in [1.165, 1.54) is 23.1 Å². The van der Waals surface area contributed by atoms with Crippen LogP contribution in [0.1, 0.15) is 21.7 Å². The van der Waals surface area contributed by atoms with Crippen LogP contribution in [0.2, 0.25) is 0 Å². The van der Waals surface area contributed by atoms with Gasteiger partial charge in [0.15, 0.2) is 4.34 Å². The molecular formula is C11H10N2O2S2. The fourth-order valence-electron chi connectivity index (χ4n) is 1.49. The fraction of sp³-hybridized carbons (Fsp3) is 0.182. The molecule has 1 N–H and O–H groups in total. The first kappa shape index (κ1) is 12.1. The average Bonchev–Trinajstić information content (AvgIpc) is 2.68. The molecule has 0 atom stereocenters. The smallest absolute Gasteiger partial charge is 0.338 e. The van der Waals surface area contributed by atoms with Crippen molar-refractivity contribution >= 4 is 29.1 Å². The Labute approximate surface area is 107 Å². The summed E-state index contributed by atoms with van der Waals surface area (Å²) < 4.78 is 0.831. The molecule has 0 saturated carbocycles. The number of aromatic nitrogens is 2. The van der Waals surface area contributed by atoms with Gasteiger partial charge < -0.3 is 5.11 Å². The van der Waals surface area contributed by atoms with Gasteiger partial charge in [0.25, 0.3) is 0 Å². The second kappa shape index (κ2) is 4.85. The number of carbonyl (C=O) groups is 1. The van der Waals surface area contributed by atoms with Crippen LogP contribution in [-0.4, -0.2) is 21.0 Å². The Morgan fingerprint density at radius 3 is 2.82 bits per heavy atom. The highest BCUT2D eigenvalue weighted by Crippen LogP contribution is 2.33. The molecule has 0 fully saturated rings. The zero-order valence-electron chi connectivity index (χ0n) is 9.30. The van der Waals surface area contributed by atoms with Crippen LogP contribution in [0.4, 0.5) is 0 Å². The second-order valence-electron chi connectivity index (χ2n) is 3.43. The van der Waals surface area contributed by atoms with E-state index >= 15 is 0 Å². The lowest BCUT2D eigenvalue weighted by molar-refractivity contribution is 0.0691. The standard InChI is InChI=1S/C11H10N2O2S2/c1-6-5-8(17-11-12-3-4-16-11)9(10(14)15)7(2)13-6/h3-5H,1-2H3,(H,14,15). The molecule has 2 aromatic rings. The quantitative estimate of drug-likeness (QED) is 0.925. The number of hydrogen-bond donors (Lipinski definition) is 1. The zero-order valence-corrected chi connectivity index (χ0v) is 10.9. The Hall–Kier alpha value is -1.40. The number of carboxylic acids is 1. The van der Waals surface area contributed by atoms with Gasteiger partial charge in [0.2, 0.25) is 0 Å². The molecular weight excluding hydrogens is 256 g/mol. The lowest BCUT2D eigenvalue weighted by atomic mass is 10.2. The first-order valence-corrected chi connectivity index (χ1v) is 6.56. The van der Waals surface area contributed by atoms with Crippen LogP contribution in [0.25, 0.3) is 0 Å². The van der Waals surface area contributed by atoms with E-state index in [9.17, 15) is 9.90 Å². The van der Waals surface area contributed by atoms with E-state index in [0.717, 1.165) is 10.0 Å². The Bertz CT molecular complexity index is 553. The number of aromatic carboxylic acids is 1. The summed E-state index contributed by atoms with van der Waals surface area (Å²) in [5, 5.41) is 11.1. The number of nitrogens with zero attached hydrogens (tertiary/aromatic N) is 2. The summed E-state index contributed by atoms with van der Waals surface area (Å²) in [5.74, 6) is -0.950. The lowest BCUT2D eigenvalue weighted by Gasteiger charge is -2.07. The Morgan fingerprint density at radius 1 is 1.47 bits per heavy atom. The van der Waals surface area contributed by atoms with Gasteiger partial charge in [-0.25, -0.2) is 9.78 Å². The summed E-state index contributed by atoms with van der Waals surface area (Å²) in [6, 6.07) is 1.78. The molecule has 0 saturated heterocycles. The van der Waals surface area contributed by atoms with E-state index in [1.54, 1.807) is 19.2 Å². The Morgan fingerprint density at radius 2 is 2.24 bits per heavy atom. The molecule has 2 rings (SSSR count). The van der Waals surface area contributed by atoms with Gasteiger partial charge in [-0.15, -0.1) is 11.3 Å². The molecule has 17 heavy (non-hydrogen) atoms. The molecule has 2 aromatic heterocycles. The van der Waals surface area contributed by atoms with E-state index in [2.05, 4.69) is 9.97 Å². The van der Waals surface area contributed by atoms with Gasteiger partial charge in [0, 0.05) is 22.2 Å². The van der Waals surface area contributed by atoms with Crippen molar-refractivity contribution in [1.82, 2.24) is 9.97 Å². The predicted octanol–water partition coefficient (Wildman–Crippen LogP) is 3.00. The molecule has 0 unspecified atom stereocenters. The monoisotopic (exact) mass is 266 g/mol. The molecule has 88 valence electrons. The number of thiazole rings is 1. The third-order valence-corrected chi connectivity index (χ3v) is 4.04. The first-order valence-electron chi connectivity index (χ1n) is 4.87. The summed E-state index contributed by atoms with van der Waals surface area (Å²) in [7, 11) is 0. The molecule has 2 heterocycles. The van der Waals surface area contributed by atoms with Crippen molar-refractivity contribution in [2.24, 2.45) is 0 Å². The van der Waals surface area contributed by atoms with Crippen LogP contribution in [0, 0.1) is 13.8 Å². The van der Waals surface area contributed by atoms with Crippen molar-refractivity contribution in [3.63, 3.8) is 0 Å². The number of pyridine rings is 1. The minimum Gasteiger partial charge on any atom is -0.478 e. The zero-order chi connectivity index (χ0) is 12.4. The van der Waals surface area contributed by atoms with Crippen molar-refractivity contribution in [2.75, 3.05) is 0 Å². The summed E-state index contributed by atoms with van der Waals surface area (Å²) in [6.45, 7) is 3.56. The van der Waals surface area contributed by atoms with Crippen LogP contribution in [0.3, 0.4) is 0 Å². The van der Waals surface area contributed by atoms with Gasteiger partial charge in [-0.3, -0.25) is 4.98 Å². The van der Waals surface area contributed by atoms with E-state index < -0.39 is 5.97 Å². The average molecular weight is 266 g/mol. The first-order chi connectivity index (χ1) is 8.08. The predicted molar refractivity (Wildman–Crippen MR) is 66.9 cm³/mol. The Kier molecular flexibility index (Phi) is 3.44. The lowest BCUT2D eigenvalue weighted by Crippen LogP contribution is -2.05. The normalized spacial score (nSPS) is 10.5. The number of carboxylic acid groups (broad SMARTS) is 1. The Balaban J connectivity index is 2.47. The van der Waals surface area contributed by atoms with Gasteiger partial charge in [0.05, 0.1) is 11.3 Å². The minimum absolute atomic E-state index is 0.260. The van der Waals surface area contributed by atoms with Gasteiger partial charge in [-0.05, 0) is 19.9 Å². The molecule has 0 aromatic carbocycles. The maximum absolute atomic E-state index is 11.2. The van der Waals surface area contributed by atoms with E-state index in [1.807, 2.05) is 12.3 Å². The van der Waals surface area contributed by atoms with Crippen molar-refractivity contribution in [1.29, 1.82) is 0 Å². The highest BCUT2D eigenvalue weighted by molar-refractivity contribution is 8.01. The topological polar surface area (TPSA) is 63.1 Å². The summed E-state index contributed by atoms with van der Waals surface area (Å²) >= 11 is 2.85. The molecule has 0 amide bonds. The molecule has 4 nitrogen and oxygen atoms in total. The number of rotatable bonds is 3. The molecule has 0 bridgehead atoms. The number of aryl methyl sites for hydroxylation is 2. The third-order valence-electron chi connectivity index (χ3n) is 2.11. The van der Waals surface area contributed by atoms with Crippen molar-refractivity contribution < 1.29 is 9.90 Å². The van der Waals surface area contributed by atoms with Crippen LogP contribution in [0.15, 0.2) is 26.9 Å². The van der Waals surface area contributed by atoms with E-state index in [4.69, 9.17) is 0 Å². The van der Waals surface area contributed by atoms with Crippen molar-refractivity contribution in [2.45, 2.75) is 23.1 Å². The van der Waals surface area contributed by atoms with Gasteiger partial charge >= 0.3 is 5.97 Å². The van der Waals surface area contributed by atoms with E-state index in [0.29, 0.717) is 10.6 Å². The summed E-state index contributed by atoms with van der Waals surface area (Å²) in [4.78, 5) is 20.2. The van der Waals surface area contributed by atoms with Gasteiger partial charge in [-0.1, -0.05) is 11.8 Å². The van der Waals surface area contributed by atoms with Crippen molar-refractivity contribution in [3.05, 3.63) is 34.6 Å². The molecule has 0 radical (unpaired) electrons. The molecule has 0 aliphatic carbocycles. The largest absolute Gasteiger partial charge is 0.478 e. The van der Waals surface area contributed by atoms with Crippen LogP contribution >= 0.6 is 23.1 Å². The molecule has 0 aliphatic heterocycles. The van der Waals surface area contributed by atoms with E-state index in [-0.39, 0.29) is 5.56 Å². The van der Waals surface area contributed by atoms with Gasteiger partial charge in [-0.2, -0.15) is 0 Å². The molecule has 0 spiro atoms. The van der Waals surface area contributed by atoms with Crippen LogP contribution in [0.5, 0.6) is 0 Å². The molecule has 0 aliphatic rings. The van der Waals surface area contributed by atoms with Crippen molar-refractivity contribution in [3.8, 4) is 0 Å². The SMILES string of the molecule is Cc1cc(Sc2nccs2)c(C(=O)O)c(C)n1. The molecule has 6 heteroatoms. The van der Waals surface area contributed by atoms with Crippen LogP contribution < -0.4 is 0 Å². The third kappa shape index (κ3) is 2.65. The second-order valence-corrected chi connectivity index (χ2v) is 5.61. The van der Waals surface area contributed by atoms with Crippen LogP contribution in [-0.2, 0) is 0 Å². The fourth-order valence-corrected chi connectivity index (χ4v) is 3.34. The maximum Gasteiger partial charge on any atom is 0.338 e. The summed E-state index contributed by atoms with van der Waals surface area (Å²) in [5.41, 5.74) is 1.61. The summed E-state index contributed by atoms with van der Waals surface area (Å²) in [6.07, 6.45) is 1.70.